The Kier molecular flexibility index (Phi) is 19.7. The third-order valence-corrected chi connectivity index (χ3v) is 7.19. The molecule has 0 aromatic carbocycles. The van der Waals surface area contributed by atoms with Crippen molar-refractivity contribution in [2.45, 2.75) is 32.0 Å². The third-order valence-electron chi connectivity index (χ3n) is 6.02. The molecule has 0 saturated carbocycles. The molecule has 0 bridgehead atoms. The van der Waals surface area contributed by atoms with E-state index in [4.69, 9.17) is 5.73 Å². The maximum atomic E-state index is 12.6. The summed E-state index contributed by atoms with van der Waals surface area (Å²) in [5.74, 6) is -7.56. The Morgan fingerprint density at radius 3 is 1.57 bits per heavy atom. The molecule has 294 valence electrons. The minimum Gasteiger partial charge on any atom is -0.368 e. The largest absolute Gasteiger partial charge is 0.377 e. The van der Waals surface area contributed by atoms with Crippen molar-refractivity contribution in [3.8, 4) is 0 Å². The molecule has 0 spiro atoms. The lowest BCUT2D eigenvalue weighted by atomic mass is 10.2. The van der Waals surface area contributed by atoms with Gasteiger partial charge in [-0.2, -0.15) is 12.6 Å². The molecule has 0 unspecified atom stereocenters. The van der Waals surface area contributed by atoms with Crippen LogP contribution in [0.5, 0.6) is 0 Å². The summed E-state index contributed by atoms with van der Waals surface area (Å²) in [5, 5.41) is 27.1. The Hall–Kier alpha value is -5.66. The molecule has 28 heteroatoms. The van der Waals surface area contributed by atoms with Crippen molar-refractivity contribution in [3.63, 3.8) is 0 Å². The van der Waals surface area contributed by atoms with Gasteiger partial charge >= 0.3 is 7.60 Å². The number of carbonyl (C=O) groups is 10. The highest BCUT2D eigenvalue weighted by molar-refractivity contribution is 7.80. The minimum absolute atomic E-state index is 0.0298. The van der Waals surface area contributed by atoms with Crippen LogP contribution in [0.3, 0.4) is 0 Å². The normalized spacial score (nSPS) is 11.8. The van der Waals surface area contributed by atoms with Gasteiger partial charge < -0.3 is 63.4 Å². The smallest absolute Gasteiger partial charge is 0.368 e. The lowest BCUT2D eigenvalue weighted by molar-refractivity contribution is -0.130. The Balaban J connectivity index is 2.59. The van der Waals surface area contributed by atoms with Gasteiger partial charge in [0, 0.05) is 19.1 Å². The van der Waals surface area contributed by atoms with Crippen molar-refractivity contribution in [2.24, 2.45) is 5.73 Å². The van der Waals surface area contributed by atoms with E-state index in [2.05, 4.69) is 70.8 Å². The first-order chi connectivity index (χ1) is 24.8. The molecule has 1 aromatic heterocycles. The first-order valence-electron chi connectivity index (χ1n) is 15.1. The quantitative estimate of drug-likeness (QED) is 0.0361. The van der Waals surface area contributed by atoms with Gasteiger partial charge in [0.2, 0.25) is 59.1 Å². The zero-order valence-corrected chi connectivity index (χ0v) is 29.8. The van der Waals surface area contributed by atoms with Crippen LogP contribution in [0.15, 0.2) is 6.20 Å². The van der Waals surface area contributed by atoms with Crippen molar-refractivity contribution in [3.05, 3.63) is 6.20 Å². The number of rotatable bonds is 23. The Bertz CT molecular complexity index is 1590. The van der Waals surface area contributed by atoms with Crippen LogP contribution in [0.2, 0.25) is 0 Å². The molecule has 0 aliphatic heterocycles. The fraction of sp³-hybridized carbons (Fsp3) is 0.520. The zero-order chi connectivity index (χ0) is 40.1. The van der Waals surface area contributed by atoms with E-state index >= 15 is 0 Å². The molecule has 1 heterocycles. The Labute approximate surface area is 305 Å². The average Bonchev–Trinajstić information content (AvgIpc) is 3.56. The Morgan fingerprint density at radius 1 is 0.717 bits per heavy atom. The molecular weight excluding hydrogens is 753 g/mol. The number of primary amides is 1. The fourth-order valence-corrected chi connectivity index (χ4v) is 4.29. The van der Waals surface area contributed by atoms with Crippen LogP contribution in [0.1, 0.15) is 13.3 Å². The van der Waals surface area contributed by atoms with Crippen LogP contribution >= 0.6 is 20.2 Å². The number of nitrogens with two attached hydrogens (primary N) is 1. The van der Waals surface area contributed by atoms with Crippen LogP contribution in [-0.2, 0) is 59.1 Å². The van der Waals surface area contributed by atoms with Crippen LogP contribution in [-0.4, -0.2) is 148 Å². The van der Waals surface area contributed by atoms with Gasteiger partial charge in [-0.25, -0.2) is 4.68 Å². The van der Waals surface area contributed by atoms with E-state index in [0.717, 1.165) is 10.9 Å². The van der Waals surface area contributed by atoms with Crippen molar-refractivity contribution in [1.82, 2.24) is 62.8 Å². The van der Waals surface area contributed by atoms with Gasteiger partial charge in [0.15, 0.2) is 5.44 Å². The number of amides is 10. The molecule has 0 aliphatic rings. The van der Waals surface area contributed by atoms with E-state index in [1.807, 2.05) is 0 Å². The predicted octanol–water partition coefficient (Wildman–Crippen LogP) is -9.31. The van der Waals surface area contributed by atoms with E-state index < -0.39 is 136 Å². The zero-order valence-electron chi connectivity index (χ0n) is 28.0. The van der Waals surface area contributed by atoms with Crippen LogP contribution in [0.4, 0.5) is 0 Å². The van der Waals surface area contributed by atoms with E-state index in [9.17, 15) is 62.3 Å². The summed E-state index contributed by atoms with van der Waals surface area (Å²) in [7, 11) is -4.79. The molecule has 0 aliphatic carbocycles. The van der Waals surface area contributed by atoms with Crippen molar-refractivity contribution in [2.75, 3.05) is 51.6 Å². The number of carbonyl (C=O) groups excluding carboxylic acids is 10. The minimum atomic E-state index is -4.79. The van der Waals surface area contributed by atoms with Crippen molar-refractivity contribution in [1.29, 1.82) is 0 Å². The number of aromatic nitrogens is 3. The number of hydrogen-bond acceptors (Lipinski definition) is 14. The summed E-state index contributed by atoms with van der Waals surface area (Å²) in [6.07, 6.45) is 0.360. The molecule has 0 radical (unpaired) electrons. The third kappa shape index (κ3) is 20.7. The highest BCUT2D eigenvalue weighted by atomic mass is 32.1. The summed E-state index contributed by atoms with van der Waals surface area (Å²) >= 11 is 3.94. The summed E-state index contributed by atoms with van der Waals surface area (Å²) in [4.78, 5) is 137. The molecule has 2 atom stereocenters. The molecule has 26 nitrogen and oxygen atoms in total. The average molecular weight is 794 g/mol. The van der Waals surface area contributed by atoms with E-state index in [0.29, 0.717) is 0 Å². The van der Waals surface area contributed by atoms with Gasteiger partial charge in [-0.05, 0) is 0 Å². The summed E-state index contributed by atoms with van der Waals surface area (Å²) in [6.45, 7) is -3.13. The lowest BCUT2D eigenvalue weighted by Crippen LogP contribution is -2.50. The van der Waals surface area contributed by atoms with Gasteiger partial charge in [-0.15, -0.1) is 5.10 Å². The van der Waals surface area contributed by atoms with Crippen molar-refractivity contribution >= 4 is 84.7 Å². The van der Waals surface area contributed by atoms with Gasteiger partial charge in [-0.1, -0.05) is 5.21 Å². The highest BCUT2D eigenvalue weighted by Gasteiger charge is 2.24. The second kappa shape index (κ2) is 23.0. The van der Waals surface area contributed by atoms with Gasteiger partial charge in [0.1, 0.15) is 6.04 Å². The van der Waals surface area contributed by atoms with E-state index in [1.165, 1.54) is 6.92 Å². The molecule has 10 amide bonds. The first kappa shape index (κ1) is 45.4. The summed E-state index contributed by atoms with van der Waals surface area (Å²) in [5.41, 5.74) is 4.21. The highest BCUT2D eigenvalue weighted by Crippen LogP contribution is 2.31. The Morgan fingerprint density at radius 2 is 1.15 bits per heavy atom. The number of nitrogens with one attached hydrogen (secondary N) is 9. The molecule has 1 rings (SSSR count). The van der Waals surface area contributed by atoms with Crippen LogP contribution < -0.4 is 59.0 Å². The monoisotopic (exact) mass is 793 g/mol. The van der Waals surface area contributed by atoms with E-state index in [-0.39, 0.29) is 12.3 Å². The standard InChI is InChI=1S/C25H40N13O13PS/c1-13(39)34-15(12-53)25(48)33-8-22(46)31-6-20(44)30-7-21(45)32-9-23(47)35-14(10-38-11-24(36-37-38)52(49,50)51)2-17(41)28-4-19(43)29-5-18(42)27-3-16(26)40/h11,14-15,53H,2-10,12H2,1H3,(H2,26,40)(H,27,42)(H,28,41)(H,29,43)(H,30,44)(H,31,46)(H,32,45)(H,33,48)(H,34,39)(H,35,47)(H2,49,50,51)/t14-,15+/m1/s1. The fourth-order valence-electron chi connectivity index (χ4n) is 3.60. The first-order valence-corrected chi connectivity index (χ1v) is 17.3. The summed E-state index contributed by atoms with van der Waals surface area (Å²) in [6, 6.07) is -2.12. The maximum Gasteiger partial charge on any atom is 0.377 e. The summed E-state index contributed by atoms with van der Waals surface area (Å²) < 4.78 is 12.4. The van der Waals surface area contributed by atoms with Crippen LogP contribution in [0, 0.1) is 0 Å². The second-order valence-electron chi connectivity index (χ2n) is 10.6. The van der Waals surface area contributed by atoms with Gasteiger partial charge in [-0.3, -0.25) is 52.5 Å². The molecule has 0 saturated heterocycles. The maximum absolute atomic E-state index is 12.6. The SMILES string of the molecule is CC(=O)N[C@@H](CS)C(=O)NCC(=O)NCC(=O)NCC(=O)NCC(=O)N[C@H](CC(=O)NCC(=O)NCC(=O)NCC(N)=O)Cn1cc(P(=O)(O)O)nn1. The molecule has 0 fully saturated rings. The van der Waals surface area contributed by atoms with Crippen LogP contribution in [0.25, 0.3) is 0 Å². The topological polar surface area (TPSA) is 393 Å². The lowest BCUT2D eigenvalue weighted by Gasteiger charge is -2.18. The predicted molar refractivity (Wildman–Crippen MR) is 180 cm³/mol. The van der Waals surface area contributed by atoms with Gasteiger partial charge in [0.25, 0.3) is 0 Å². The van der Waals surface area contributed by atoms with E-state index in [1.54, 1.807) is 0 Å². The molecular formula is C25H40N13O13PS. The number of thiol groups is 1. The van der Waals surface area contributed by atoms with Crippen molar-refractivity contribution < 1.29 is 62.3 Å². The molecule has 13 N–H and O–H groups in total. The second-order valence-corrected chi connectivity index (χ2v) is 12.5. The molecule has 53 heavy (non-hydrogen) atoms. The van der Waals surface area contributed by atoms with Gasteiger partial charge in [0.05, 0.1) is 64.6 Å². The number of hydrogen-bond donors (Lipinski definition) is 13. The number of nitrogens with zero attached hydrogens (tertiary/aromatic N) is 3. The molecule has 1 aromatic rings.